The Kier molecular flexibility index (Phi) is 10.5. The van der Waals surface area contributed by atoms with Gasteiger partial charge < -0.3 is 10.1 Å². The summed E-state index contributed by atoms with van der Waals surface area (Å²) >= 11 is 0. The average Bonchev–Trinajstić information content (AvgIpc) is 2.25. The third-order valence-corrected chi connectivity index (χ3v) is 1.30. The molecule has 0 radical (unpaired) electrons. The van der Waals surface area contributed by atoms with E-state index in [9.17, 15) is 9.59 Å². The molecule has 4 nitrogen and oxygen atoms in total. The predicted octanol–water partition coefficient (Wildman–Crippen LogP) is 2.17. The Balaban J connectivity index is 0. The molecule has 0 aliphatic heterocycles. The lowest BCUT2D eigenvalue weighted by Crippen LogP contribution is -2.25. The van der Waals surface area contributed by atoms with Crippen LogP contribution >= 0.6 is 0 Å². The van der Waals surface area contributed by atoms with Gasteiger partial charge in [-0.2, -0.15) is 0 Å². The summed E-state index contributed by atoms with van der Waals surface area (Å²) in [4.78, 5) is 21.9. The Bertz CT molecular complexity index is 287. The maximum atomic E-state index is 11.1. The van der Waals surface area contributed by atoms with Gasteiger partial charge in [0.1, 0.15) is 5.70 Å². The maximum Gasteiger partial charge on any atom is 0.354 e. The van der Waals surface area contributed by atoms with Crippen LogP contribution in [0.3, 0.4) is 0 Å². The predicted molar refractivity (Wildman–Crippen MR) is 64.7 cm³/mol. The molecule has 0 aromatic rings. The van der Waals surface area contributed by atoms with Crippen molar-refractivity contribution in [3.8, 4) is 0 Å². The number of ether oxygens (including phenoxy) is 1. The summed E-state index contributed by atoms with van der Waals surface area (Å²) in [6.07, 6.45) is 3.24. The molecule has 92 valence electrons. The van der Waals surface area contributed by atoms with E-state index in [1.54, 1.807) is 6.08 Å². The topological polar surface area (TPSA) is 55.4 Å². The molecule has 0 bridgehead atoms. The van der Waals surface area contributed by atoms with Gasteiger partial charge in [0.25, 0.3) is 0 Å². The fourth-order valence-corrected chi connectivity index (χ4v) is 0.710. The molecule has 0 saturated carbocycles. The molecule has 0 aromatic heterocycles. The molecule has 0 heterocycles. The molecule has 0 atom stereocenters. The summed E-state index contributed by atoms with van der Waals surface area (Å²) in [5.41, 5.74) is 1.16. The van der Waals surface area contributed by atoms with Crippen LogP contribution in [0.4, 0.5) is 0 Å². The Morgan fingerprint density at radius 3 is 1.88 bits per heavy atom. The first-order valence-electron chi connectivity index (χ1n) is 5.18. The molecule has 0 fully saturated rings. The molecular weight excluding hydrogens is 206 g/mol. The summed E-state index contributed by atoms with van der Waals surface area (Å²) in [6.45, 7) is 9.11. The van der Waals surface area contributed by atoms with E-state index in [-0.39, 0.29) is 11.6 Å². The van der Waals surface area contributed by atoms with Crippen molar-refractivity contribution in [1.29, 1.82) is 0 Å². The number of nitrogens with one attached hydrogen (secondary N) is 1. The minimum atomic E-state index is -0.558. The van der Waals surface area contributed by atoms with Crippen molar-refractivity contribution in [1.82, 2.24) is 5.32 Å². The molecule has 0 saturated heterocycles. The van der Waals surface area contributed by atoms with Crippen molar-refractivity contribution in [3.63, 3.8) is 0 Å². The highest BCUT2D eigenvalue weighted by molar-refractivity contribution is 5.93. The Morgan fingerprint density at radius 1 is 1.06 bits per heavy atom. The van der Waals surface area contributed by atoms with Crippen LogP contribution in [-0.4, -0.2) is 19.0 Å². The Labute approximate surface area is 97.4 Å². The smallest absolute Gasteiger partial charge is 0.354 e. The first-order chi connectivity index (χ1) is 7.47. The van der Waals surface area contributed by atoms with Crippen LogP contribution < -0.4 is 5.32 Å². The van der Waals surface area contributed by atoms with Gasteiger partial charge in [0.05, 0.1) is 7.11 Å². The minimum Gasteiger partial charge on any atom is -0.464 e. The van der Waals surface area contributed by atoms with Gasteiger partial charge >= 0.3 is 5.97 Å². The van der Waals surface area contributed by atoms with Gasteiger partial charge in [-0.3, -0.25) is 4.79 Å². The van der Waals surface area contributed by atoms with E-state index in [0.29, 0.717) is 0 Å². The zero-order valence-corrected chi connectivity index (χ0v) is 10.9. The zero-order chi connectivity index (χ0) is 13.1. The van der Waals surface area contributed by atoms with Crippen LogP contribution in [-0.2, 0) is 14.3 Å². The number of hydrogen-bond donors (Lipinski definition) is 1. The number of amides is 1. The van der Waals surface area contributed by atoms with E-state index in [1.165, 1.54) is 20.1 Å². The molecule has 0 aliphatic carbocycles. The monoisotopic (exact) mass is 227 g/mol. The number of esters is 1. The van der Waals surface area contributed by atoms with Crippen LogP contribution in [0.15, 0.2) is 23.4 Å². The lowest BCUT2D eigenvalue weighted by molar-refractivity contribution is -0.137. The van der Waals surface area contributed by atoms with Crippen LogP contribution in [0.25, 0.3) is 0 Å². The quantitative estimate of drug-likeness (QED) is 0.456. The third-order valence-electron chi connectivity index (χ3n) is 1.30. The lowest BCUT2D eigenvalue weighted by atomic mass is 10.3. The fraction of sp³-hybridized carbons (Fsp3) is 0.500. The second kappa shape index (κ2) is 9.96. The highest BCUT2D eigenvalue weighted by Gasteiger charge is 2.09. The molecule has 0 aromatic carbocycles. The molecular formula is C12H21NO3. The van der Waals surface area contributed by atoms with Crippen LogP contribution in [0.1, 0.15) is 34.6 Å². The summed E-state index contributed by atoms with van der Waals surface area (Å²) < 4.78 is 4.49. The summed E-state index contributed by atoms with van der Waals surface area (Å²) in [7, 11) is 1.26. The number of rotatable bonds is 3. The van der Waals surface area contributed by atoms with Crippen molar-refractivity contribution in [3.05, 3.63) is 23.4 Å². The van der Waals surface area contributed by atoms with Crippen LogP contribution in [0, 0.1) is 0 Å². The molecule has 0 unspecified atom stereocenters. The SMILES string of the molecule is CC.COC(=O)/C(=C/C=C(C)C)NC(C)=O. The number of methoxy groups -OCH3 is 1. The zero-order valence-electron chi connectivity index (χ0n) is 10.9. The maximum absolute atomic E-state index is 11.1. The fourth-order valence-electron chi connectivity index (χ4n) is 0.710. The highest BCUT2D eigenvalue weighted by Crippen LogP contribution is 1.97. The standard InChI is InChI=1S/C10H15NO3.C2H6/c1-7(2)5-6-9(10(13)14-4)11-8(3)12;1-2/h5-6H,1-4H3,(H,11,12);1-2H3/b9-6-;. The normalized spacial score (nSPS) is 9.50. The first-order valence-corrected chi connectivity index (χ1v) is 5.18. The van der Waals surface area contributed by atoms with Gasteiger partial charge in [0.15, 0.2) is 0 Å². The molecule has 1 N–H and O–H groups in total. The Morgan fingerprint density at radius 2 is 1.56 bits per heavy atom. The van der Waals surface area contributed by atoms with Crippen molar-refractivity contribution in [2.45, 2.75) is 34.6 Å². The van der Waals surface area contributed by atoms with Gasteiger partial charge in [-0.05, 0) is 19.9 Å². The van der Waals surface area contributed by atoms with E-state index in [4.69, 9.17) is 0 Å². The molecule has 16 heavy (non-hydrogen) atoms. The number of carbonyl (C=O) groups excluding carboxylic acids is 2. The van der Waals surface area contributed by atoms with Crippen LogP contribution in [0.5, 0.6) is 0 Å². The van der Waals surface area contributed by atoms with Gasteiger partial charge in [-0.25, -0.2) is 4.79 Å². The second-order valence-corrected chi connectivity index (χ2v) is 3.00. The molecule has 1 amide bonds. The van der Waals surface area contributed by atoms with E-state index < -0.39 is 5.97 Å². The molecule has 4 heteroatoms. The molecule has 0 rings (SSSR count). The number of hydrogen-bond acceptors (Lipinski definition) is 3. The van der Waals surface area contributed by atoms with Gasteiger partial charge in [0, 0.05) is 6.92 Å². The van der Waals surface area contributed by atoms with Gasteiger partial charge in [0.2, 0.25) is 5.91 Å². The summed E-state index contributed by atoms with van der Waals surface area (Å²) in [5.74, 6) is -0.860. The lowest BCUT2D eigenvalue weighted by Gasteiger charge is -2.04. The minimum absolute atomic E-state index is 0.140. The second-order valence-electron chi connectivity index (χ2n) is 3.00. The highest BCUT2D eigenvalue weighted by atomic mass is 16.5. The summed E-state index contributed by atoms with van der Waals surface area (Å²) in [6, 6.07) is 0. The van der Waals surface area contributed by atoms with E-state index in [1.807, 2.05) is 27.7 Å². The average molecular weight is 227 g/mol. The number of allylic oxidation sites excluding steroid dienone is 3. The van der Waals surface area contributed by atoms with Crippen LogP contribution in [0.2, 0.25) is 0 Å². The van der Waals surface area contributed by atoms with Crippen molar-refractivity contribution >= 4 is 11.9 Å². The summed E-state index contributed by atoms with van der Waals surface area (Å²) in [5, 5.41) is 2.39. The van der Waals surface area contributed by atoms with E-state index >= 15 is 0 Å². The largest absolute Gasteiger partial charge is 0.464 e. The van der Waals surface area contributed by atoms with Crippen molar-refractivity contribution < 1.29 is 14.3 Å². The van der Waals surface area contributed by atoms with Gasteiger partial charge in [-0.1, -0.05) is 25.5 Å². The van der Waals surface area contributed by atoms with Crippen molar-refractivity contribution in [2.24, 2.45) is 0 Å². The van der Waals surface area contributed by atoms with Crippen molar-refractivity contribution in [2.75, 3.05) is 7.11 Å². The number of carbonyl (C=O) groups is 2. The molecule has 0 spiro atoms. The first kappa shape index (κ1) is 16.8. The third kappa shape index (κ3) is 8.99. The molecule has 0 aliphatic rings. The van der Waals surface area contributed by atoms with Gasteiger partial charge in [-0.15, -0.1) is 0 Å². The Hall–Kier alpha value is -1.58. The van der Waals surface area contributed by atoms with E-state index in [0.717, 1.165) is 5.57 Å². The van der Waals surface area contributed by atoms with E-state index in [2.05, 4.69) is 10.1 Å².